The van der Waals surface area contributed by atoms with Gasteiger partial charge in [-0.25, -0.2) is 0 Å². The van der Waals surface area contributed by atoms with Crippen LogP contribution in [0.25, 0.3) is 110 Å². The number of rotatable bonds is 7. The van der Waals surface area contributed by atoms with Crippen molar-refractivity contribution < 1.29 is 4.42 Å². The molecular weight excluding hydrogens is 799 g/mol. The van der Waals surface area contributed by atoms with Gasteiger partial charge in [-0.05, 0) is 143 Å². The van der Waals surface area contributed by atoms with E-state index in [4.69, 9.17) is 4.42 Å². The fourth-order valence-electron chi connectivity index (χ4n) is 10.2. The summed E-state index contributed by atoms with van der Waals surface area (Å²) in [5.74, 6) is 0. The average molecular weight is 840 g/mol. The van der Waals surface area contributed by atoms with Crippen LogP contribution in [0.15, 0.2) is 253 Å². The van der Waals surface area contributed by atoms with E-state index in [0.29, 0.717) is 0 Å². The number of furan rings is 1. The molecule has 0 fully saturated rings. The summed E-state index contributed by atoms with van der Waals surface area (Å²) in [6, 6.07) is 90.5. The predicted molar refractivity (Wildman–Crippen MR) is 280 cm³/mol. The second kappa shape index (κ2) is 15.5. The molecular formula is C64H41NO. The first kappa shape index (κ1) is 37.8. The lowest BCUT2D eigenvalue weighted by molar-refractivity contribution is 0.669. The third kappa shape index (κ3) is 6.42. The van der Waals surface area contributed by atoms with Gasteiger partial charge >= 0.3 is 0 Å². The molecule has 13 aromatic rings. The van der Waals surface area contributed by atoms with Crippen molar-refractivity contribution in [2.24, 2.45) is 0 Å². The smallest absolute Gasteiger partial charge is 0.136 e. The molecule has 0 radical (unpaired) electrons. The van der Waals surface area contributed by atoms with Gasteiger partial charge in [-0.2, -0.15) is 0 Å². The van der Waals surface area contributed by atoms with Gasteiger partial charge in [0.05, 0.1) is 5.69 Å². The Kier molecular flexibility index (Phi) is 8.89. The molecule has 12 aromatic carbocycles. The molecule has 2 nitrogen and oxygen atoms in total. The maximum absolute atomic E-state index is 6.32. The molecule has 0 saturated heterocycles. The van der Waals surface area contributed by atoms with Crippen LogP contribution in [0.1, 0.15) is 0 Å². The molecule has 0 aliphatic heterocycles. The van der Waals surface area contributed by atoms with E-state index in [1.807, 2.05) is 12.1 Å². The van der Waals surface area contributed by atoms with Crippen molar-refractivity contribution in [3.8, 4) is 44.5 Å². The fraction of sp³-hybridized carbons (Fsp3) is 0. The zero-order valence-corrected chi connectivity index (χ0v) is 36.0. The Morgan fingerprint density at radius 2 is 0.742 bits per heavy atom. The molecule has 0 bridgehead atoms. The second-order valence-corrected chi connectivity index (χ2v) is 17.2. The largest absolute Gasteiger partial charge is 0.456 e. The van der Waals surface area contributed by atoms with E-state index >= 15 is 0 Å². The summed E-state index contributed by atoms with van der Waals surface area (Å²) in [6.45, 7) is 0. The van der Waals surface area contributed by atoms with Gasteiger partial charge in [0.1, 0.15) is 11.2 Å². The Balaban J connectivity index is 0.979. The Hall–Kier alpha value is -8.72. The Morgan fingerprint density at radius 1 is 0.242 bits per heavy atom. The highest BCUT2D eigenvalue weighted by molar-refractivity contribution is 6.14. The third-order valence-corrected chi connectivity index (χ3v) is 13.4. The highest BCUT2D eigenvalue weighted by atomic mass is 16.3. The summed E-state index contributed by atoms with van der Waals surface area (Å²) < 4.78 is 6.32. The lowest BCUT2D eigenvalue weighted by Gasteiger charge is -2.29. The van der Waals surface area contributed by atoms with Crippen molar-refractivity contribution in [3.63, 3.8) is 0 Å². The lowest BCUT2D eigenvalue weighted by atomic mass is 9.91. The van der Waals surface area contributed by atoms with Crippen LogP contribution in [0.4, 0.5) is 17.1 Å². The molecule has 0 atom stereocenters. The number of fused-ring (bicyclic) bond motifs is 9. The van der Waals surface area contributed by atoms with Gasteiger partial charge in [0.25, 0.3) is 0 Å². The molecule has 308 valence electrons. The van der Waals surface area contributed by atoms with Crippen LogP contribution in [-0.4, -0.2) is 0 Å². The van der Waals surface area contributed by atoms with Crippen molar-refractivity contribution >= 4 is 82.1 Å². The molecule has 0 spiro atoms. The second-order valence-electron chi connectivity index (χ2n) is 17.2. The summed E-state index contributed by atoms with van der Waals surface area (Å²) in [5.41, 5.74) is 14.3. The monoisotopic (exact) mass is 839 g/mol. The number of benzene rings is 12. The highest BCUT2D eigenvalue weighted by Gasteiger charge is 2.21. The van der Waals surface area contributed by atoms with Crippen molar-refractivity contribution in [1.82, 2.24) is 0 Å². The van der Waals surface area contributed by atoms with Gasteiger partial charge in [0.15, 0.2) is 0 Å². The normalized spacial score (nSPS) is 11.6. The predicted octanol–water partition coefficient (Wildman–Crippen LogP) is 18.3. The first-order chi connectivity index (χ1) is 32.7. The quantitative estimate of drug-likeness (QED) is 0.149. The standard InChI is InChI=1S/C64H41NO/c1-2-12-44(13-3-1)56-36-30-50(61-39-48-15-5-7-17-54(48)57-18-8-9-19-58(57)61)40-62(56)65(52-33-26-43(27-34-52)47-29-37-60-59-20-10-11-21-63(59)66-64(60)41-47)51-31-24-42(25-32-51)46-28-35-55-49(38-46)23-22-45-14-4-6-16-53(45)55/h1-41H. The van der Waals surface area contributed by atoms with Gasteiger partial charge in [-0.1, -0.05) is 188 Å². The van der Waals surface area contributed by atoms with Crippen LogP contribution in [0.5, 0.6) is 0 Å². The van der Waals surface area contributed by atoms with Gasteiger partial charge in [0.2, 0.25) is 0 Å². The van der Waals surface area contributed by atoms with Crippen molar-refractivity contribution in [1.29, 1.82) is 0 Å². The topological polar surface area (TPSA) is 16.4 Å². The molecule has 0 saturated carbocycles. The zero-order valence-electron chi connectivity index (χ0n) is 36.0. The average Bonchev–Trinajstić information content (AvgIpc) is 3.77. The van der Waals surface area contributed by atoms with E-state index in [0.717, 1.165) is 66.8 Å². The van der Waals surface area contributed by atoms with Crippen LogP contribution in [0, 0.1) is 0 Å². The van der Waals surface area contributed by atoms with Crippen LogP contribution in [0.2, 0.25) is 0 Å². The summed E-state index contributed by atoms with van der Waals surface area (Å²) in [5, 5.41) is 12.3. The van der Waals surface area contributed by atoms with E-state index in [1.54, 1.807) is 0 Å². The summed E-state index contributed by atoms with van der Waals surface area (Å²) in [6.07, 6.45) is 0. The van der Waals surface area contributed by atoms with Gasteiger partial charge in [-0.3, -0.25) is 0 Å². The molecule has 13 rings (SSSR count). The van der Waals surface area contributed by atoms with Crippen LogP contribution >= 0.6 is 0 Å². The lowest BCUT2D eigenvalue weighted by Crippen LogP contribution is -2.11. The van der Waals surface area contributed by atoms with Gasteiger partial charge in [0, 0.05) is 27.7 Å². The van der Waals surface area contributed by atoms with Gasteiger partial charge < -0.3 is 9.32 Å². The molecule has 66 heavy (non-hydrogen) atoms. The molecule has 2 heteroatoms. The molecule has 0 aliphatic carbocycles. The number of hydrogen-bond acceptors (Lipinski definition) is 2. The number of anilines is 3. The van der Waals surface area contributed by atoms with E-state index in [-0.39, 0.29) is 0 Å². The maximum atomic E-state index is 6.32. The Bertz CT molecular complexity index is 3980. The van der Waals surface area contributed by atoms with Crippen molar-refractivity contribution in [2.45, 2.75) is 0 Å². The number of hydrogen-bond donors (Lipinski definition) is 0. The minimum absolute atomic E-state index is 0.893. The molecule has 1 heterocycles. The first-order valence-corrected chi connectivity index (χ1v) is 22.6. The van der Waals surface area contributed by atoms with Gasteiger partial charge in [-0.15, -0.1) is 0 Å². The molecule has 1 aromatic heterocycles. The minimum Gasteiger partial charge on any atom is -0.456 e. The van der Waals surface area contributed by atoms with E-state index in [9.17, 15) is 0 Å². The van der Waals surface area contributed by atoms with E-state index in [2.05, 4.69) is 241 Å². The summed E-state index contributed by atoms with van der Waals surface area (Å²) >= 11 is 0. The van der Waals surface area contributed by atoms with Crippen LogP contribution in [0.3, 0.4) is 0 Å². The minimum atomic E-state index is 0.893. The van der Waals surface area contributed by atoms with Crippen molar-refractivity contribution in [3.05, 3.63) is 249 Å². The highest BCUT2D eigenvalue weighted by Crippen LogP contribution is 2.46. The molecule has 0 unspecified atom stereocenters. The fourth-order valence-corrected chi connectivity index (χ4v) is 10.2. The summed E-state index contributed by atoms with van der Waals surface area (Å²) in [7, 11) is 0. The Labute approximate surface area is 382 Å². The molecule has 0 N–H and O–H groups in total. The number of para-hydroxylation sites is 1. The maximum Gasteiger partial charge on any atom is 0.136 e. The molecule has 0 amide bonds. The first-order valence-electron chi connectivity index (χ1n) is 22.6. The Morgan fingerprint density at radius 3 is 1.48 bits per heavy atom. The van der Waals surface area contributed by atoms with E-state index < -0.39 is 0 Å². The SMILES string of the molecule is c1ccc(-c2ccc(-c3cc4ccccc4c4ccccc34)cc2N(c2ccc(-c3ccc4c(ccc5ccccc54)c3)cc2)c2ccc(-c3ccc4c(c3)oc3ccccc34)cc2)cc1. The van der Waals surface area contributed by atoms with Crippen molar-refractivity contribution in [2.75, 3.05) is 4.90 Å². The van der Waals surface area contributed by atoms with Crippen LogP contribution in [-0.2, 0) is 0 Å². The zero-order chi connectivity index (χ0) is 43.6. The van der Waals surface area contributed by atoms with Crippen LogP contribution < -0.4 is 4.90 Å². The summed E-state index contributed by atoms with van der Waals surface area (Å²) in [4.78, 5) is 2.43. The number of nitrogens with zero attached hydrogens (tertiary/aromatic N) is 1. The van der Waals surface area contributed by atoms with E-state index in [1.165, 1.54) is 59.8 Å². The third-order valence-electron chi connectivity index (χ3n) is 13.4. The molecule has 0 aliphatic rings.